The van der Waals surface area contributed by atoms with Crippen LogP contribution in [0, 0.1) is 0 Å². The Kier molecular flexibility index (Phi) is 3.87. The average Bonchev–Trinajstić information content (AvgIpc) is 2.20. The summed E-state index contributed by atoms with van der Waals surface area (Å²) in [6.45, 7) is -0.555. The molecule has 0 aromatic carbocycles. The molecule has 0 aromatic rings. The van der Waals surface area contributed by atoms with E-state index in [-0.39, 0.29) is 5.33 Å². The molecule has 6 nitrogen and oxygen atoms in total. The van der Waals surface area contributed by atoms with Gasteiger partial charge in [0.2, 0.25) is 0 Å². The van der Waals surface area contributed by atoms with Gasteiger partial charge >= 0.3 is 0 Å². The third-order valence-corrected chi connectivity index (χ3v) is 3.25. The molecule has 0 aliphatic carbocycles. The van der Waals surface area contributed by atoms with Gasteiger partial charge < -0.3 is 30.3 Å². The van der Waals surface area contributed by atoms with Crippen molar-refractivity contribution < 1.29 is 30.3 Å². The van der Waals surface area contributed by atoms with Crippen LogP contribution in [0.25, 0.3) is 0 Å². The fourth-order valence-electron chi connectivity index (χ4n) is 1.37. The van der Waals surface area contributed by atoms with E-state index in [0.29, 0.717) is 0 Å². The Balaban J connectivity index is 2.89. The van der Waals surface area contributed by atoms with Gasteiger partial charge in [-0.15, -0.1) is 0 Å². The number of alkyl halides is 1. The van der Waals surface area contributed by atoms with Gasteiger partial charge in [0.1, 0.15) is 23.9 Å². The van der Waals surface area contributed by atoms with Crippen molar-refractivity contribution in [2.24, 2.45) is 0 Å². The molecule has 7 heteroatoms. The van der Waals surface area contributed by atoms with Gasteiger partial charge in [-0.05, 0) is 0 Å². The van der Waals surface area contributed by atoms with Crippen LogP contribution >= 0.6 is 15.9 Å². The topological polar surface area (TPSA) is 110 Å². The molecule has 1 rings (SSSR count). The summed E-state index contributed by atoms with van der Waals surface area (Å²) in [5.74, 6) is 0. The Bertz CT molecular complexity index is 203. The number of aliphatic hydroxyl groups excluding tert-OH is 4. The van der Waals surface area contributed by atoms with E-state index in [4.69, 9.17) is 5.11 Å². The van der Waals surface area contributed by atoms with Crippen molar-refractivity contribution in [2.45, 2.75) is 30.2 Å². The van der Waals surface area contributed by atoms with Crippen LogP contribution in [0.3, 0.4) is 0 Å². The molecule has 1 aliphatic heterocycles. The minimum Gasteiger partial charge on any atom is -0.394 e. The van der Waals surface area contributed by atoms with Crippen molar-refractivity contribution in [3.63, 3.8) is 0 Å². The lowest BCUT2D eigenvalue weighted by molar-refractivity contribution is -0.314. The third-order valence-electron chi connectivity index (χ3n) is 2.35. The maximum absolute atomic E-state index is 9.79. The molecule has 84 valence electrons. The fourth-order valence-corrected chi connectivity index (χ4v) is 2.04. The zero-order valence-electron chi connectivity index (χ0n) is 7.25. The fraction of sp³-hybridized carbons (Fsp3) is 1.00. The highest BCUT2D eigenvalue weighted by molar-refractivity contribution is 9.09. The number of ether oxygens (including phenoxy) is 1. The first-order valence-electron chi connectivity index (χ1n) is 4.06. The smallest absolute Gasteiger partial charge is 0.184 e. The molecule has 5 atom stereocenters. The van der Waals surface area contributed by atoms with E-state index in [0.717, 1.165) is 0 Å². The standard InChI is InChI=1S/C7H13BrO6/c8-2-7(13)4(10)3(1-9)14-6(12)5(7)11/h3-6,9-13H,1-2H2/t3-,4-,5+,6?,7-/m1/s1. The summed E-state index contributed by atoms with van der Waals surface area (Å²) in [6.07, 6.45) is -5.83. The number of hydrogen-bond acceptors (Lipinski definition) is 6. The first-order chi connectivity index (χ1) is 6.47. The van der Waals surface area contributed by atoms with Gasteiger partial charge in [0.15, 0.2) is 6.29 Å². The normalized spacial score (nSPS) is 49.3. The predicted molar refractivity (Wildman–Crippen MR) is 48.7 cm³/mol. The van der Waals surface area contributed by atoms with Crippen molar-refractivity contribution in [1.82, 2.24) is 0 Å². The van der Waals surface area contributed by atoms with Gasteiger partial charge in [-0.3, -0.25) is 0 Å². The molecule has 1 saturated heterocycles. The molecule has 1 unspecified atom stereocenters. The monoisotopic (exact) mass is 272 g/mol. The Labute approximate surface area is 88.9 Å². The number of aliphatic hydroxyl groups is 5. The van der Waals surface area contributed by atoms with Crippen molar-refractivity contribution in [3.05, 3.63) is 0 Å². The number of halogens is 1. The Hall–Kier alpha value is 0.240. The van der Waals surface area contributed by atoms with E-state index < -0.39 is 36.8 Å². The van der Waals surface area contributed by atoms with Crippen LogP contribution in [0.5, 0.6) is 0 Å². The summed E-state index contributed by atoms with van der Waals surface area (Å²) in [5.41, 5.74) is -1.93. The van der Waals surface area contributed by atoms with Crippen LogP contribution in [-0.2, 0) is 4.74 Å². The second-order valence-corrected chi connectivity index (χ2v) is 3.82. The minimum absolute atomic E-state index is 0.140. The molecular formula is C7H13BrO6. The molecule has 0 amide bonds. The van der Waals surface area contributed by atoms with Crippen LogP contribution < -0.4 is 0 Å². The van der Waals surface area contributed by atoms with E-state index in [2.05, 4.69) is 20.7 Å². The minimum atomic E-state index is -1.93. The molecule has 1 aliphatic rings. The summed E-state index contributed by atoms with van der Waals surface area (Å²) in [6, 6.07) is 0. The summed E-state index contributed by atoms with van der Waals surface area (Å²) in [5, 5.41) is 46.6. The summed E-state index contributed by atoms with van der Waals surface area (Å²) in [7, 11) is 0. The van der Waals surface area contributed by atoms with Gasteiger partial charge in [-0.1, -0.05) is 15.9 Å². The number of hydrogen-bond donors (Lipinski definition) is 5. The zero-order chi connectivity index (χ0) is 10.9. The van der Waals surface area contributed by atoms with Gasteiger partial charge in [-0.25, -0.2) is 0 Å². The summed E-state index contributed by atoms with van der Waals surface area (Å²) in [4.78, 5) is 0. The molecule has 0 saturated carbocycles. The third kappa shape index (κ3) is 1.81. The van der Waals surface area contributed by atoms with Crippen LogP contribution in [0.4, 0.5) is 0 Å². The molecule has 0 bridgehead atoms. The summed E-state index contributed by atoms with van der Waals surface area (Å²) >= 11 is 2.91. The highest BCUT2D eigenvalue weighted by atomic mass is 79.9. The molecule has 14 heavy (non-hydrogen) atoms. The van der Waals surface area contributed by atoms with Gasteiger partial charge in [-0.2, -0.15) is 0 Å². The predicted octanol–water partition coefficient (Wildman–Crippen LogP) is -2.46. The van der Waals surface area contributed by atoms with Crippen molar-refractivity contribution in [3.8, 4) is 0 Å². The molecule has 1 heterocycles. The van der Waals surface area contributed by atoms with Gasteiger partial charge in [0.05, 0.1) is 6.61 Å². The van der Waals surface area contributed by atoms with E-state index >= 15 is 0 Å². The SMILES string of the molecule is OC[C@H]1OC(O)[C@H](O)[C@@](O)(CBr)[C@@H]1O. The molecule has 0 aromatic heterocycles. The van der Waals surface area contributed by atoms with Crippen LogP contribution in [0.2, 0.25) is 0 Å². The second kappa shape index (κ2) is 4.40. The van der Waals surface area contributed by atoms with Crippen molar-refractivity contribution in [2.75, 3.05) is 11.9 Å². The summed E-state index contributed by atoms with van der Waals surface area (Å²) < 4.78 is 4.68. The Morgan fingerprint density at radius 3 is 2.21 bits per heavy atom. The Morgan fingerprint density at radius 2 is 1.79 bits per heavy atom. The van der Waals surface area contributed by atoms with E-state index in [1.54, 1.807) is 0 Å². The van der Waals surface area contributed by atoms with Crippen LogP contribution in [-0.4, -0.2) is 67.7 Å². The molecule has 1 fully saturated rings. The van der Waals surface area contributed by atoms with Crippen LogP contribution in [0.1, 0.15) is 0 Å². The highest BCUT2D eigenvalue weighted by Gasteiger charge is 2.53. The zero-order valence-corrected chi connectivity index (χ0v) is 8.83. The number of rotatable bonds is 2. The highest BCUT2D eigenvalue weighted by Crippen LogP contribution is 2.30. The Morgan fingerprint density at radius 1 is 1.21 bits per heavy atom. The lowest BCUT2D eigenvalue weighted by Gasteiger charge is -2.45. The first kappa shape index (κ1) is 12.3. The van der Waals surface area contributed by atoms with E-state index in [1.807, 2.05) is 0 Å². The first-order valence-corrected chi connectivity index (χ1v) is 5.18. The average molecular weight is 273 g/mol. The van der Waals surface area contributed by atoms with E-state index in [1.165, 1.54) is 0 Å². The van der Waals surface area contributed by atoms with Crippen LogP contribution in [0.15, 0.2) is 0 Å². The largest absolute Gasteiger partial charge is 0.394 e. The molecule has 0 radical (unpaired) electrons. The van der Waals surface area contributed by atoms with Gasteiger partial charge in [0.25, 0.3) is 0 Å². The lowest BCUT2D eigenvalue weighted by Crippen LogP contribution is -2.68. The van der Waals surface area contributed by atoms with Crippen molar-refractivity contribution >= 4 is 15.9 Å². The maximum atomic E-state index is 9.79. The quantitative estimate of drug-likeness (QED) is 0.357. The molecular weight excluding hydrogens is 260 g/mol. The van der Waals surface area contributed by atoms with Gasteiger partial charge in [0, 0.05) is 5.33 Å². The lowest BCUT2D eigenvalue weighted by atomic mass is 9.86. The molecule has 5 N–H and O–H groups in total. The molecule has 0 spiro atoms. The maximum Gasteiger partial charge on any atom is 0.184 e. The van der Waals surface area contributed by atoms with E-state index in [9.17, 15) is 20.4 Å². The second-order valence-electron chi connectivity index (χ2n) is 3.26. The van der Waals surface area contributed by atoms with Crippen molar-refractivity contribution in [1.29, 1.82) is 0 Å².